The lowest BCUT2D eigenvalue weighted by Gasteiger charge is -2.37. The molecule has 1 aliphatic carbocycles. The van der Waals surface area contributed by atoms with Gasteiger partial charge >= 0.3 is 0 Å². The lowest BCUT2D eigenvalue weighted by Crippen LogP contribution is -2.48. The summed E-state index contributed by atoms with van der Waals surface area (Å²) in [5.74, 6) is -0.446. The summed E-state index contributed by atoms with van der Waals surface area (Å²) in [7, 11) is 0. The van der Waals surface area contributed by atoms with E-state index in [4.69, 9.17) is 5.73 Å². The van der Waals surface area contributed by atoms with E-state index in [1.807, 2.05) is 0 Å². The predicted octanol–water partition coefficient (Wildman–Crippen LogP) is 3.11. The molecule has 0 atom stereocenters. The zero-order chi connectivity index (χ0) is 13.3. The van der Waals surface area contributed by atoms with Gasteiger partial charge in [0.05, 0.1) is 4.47 Å². The molecule has 3 nitrogen and oxygen atoms in total. The van der Waals surface area contributed by atoms with Crippen LogP contribution in [-0.4, -0.2) is 11.4 Å². The van der Waals surface area contributed by atoms with Gasteiger partial charge in [-0.05, 0) is 59.8 Å². The number of hydrogen-bond donors (Lipinski definition) is 2. The maximum Gasteiger partial charge on any atom is 0.226 e. The minimum atomic E-state index is -0.338. The van der Waals surface area contributed by atoms with Crippen molar-refractivity contribution in [2.75, 3.05) is 5.32 Å². The number of carbonyl (C=O) groups excluding carboxylic acids is 1. The second kappa shape index (κ2) is 4.97. The van der Waals surface area contributed by atoms with E-state index in [1.165, 1.54) is 6.07 Å². The molecule has 2 rings (SSSR count). The quantitative estimate of drug-likeness (QED) is 0.900. The zero-order valence-corrected chi connectivity index (χ0v) is 11.8. The Morgan fingerprint density at radius 3 is 2.78 bits per heavy atom. The Labute approximate surface area is 114 Å². The average molecular weight is 315 g/mol. The number of hydrogen-bond acceptors (Lipinski definition) is 2. The first-order chi connectivity index (χ1) is 8.39. The van der Waals surface area contributed by atoms with Crippen molar-refractivity contribution in [1.82, 2.24) is 0 Å². The van der Waals surface area contributed by atoms with E-state index in [2.05, 4.69) is 21.2 Å². The van der Waals surface area contributed by atoms with Crippen LogP contribution in [-0.2, 0) is 4.79 Å². The Balaban J connectivity index is 2.05. The van der Waals surface area contributed by atoms with Crippen LogP contribution < -0.4 is 11.1 Å². The molecule has 18 heavy (non-hydrogen) atoms. The third kappa shape index (κ3) is 2.90. The molecule has 1 aromatic carbocycles. The molecule has 1 aliphatic rings. The largest absolute Gasteiger partial charge is 0.326 e. The summed E-state index contributed by atoms with van der Waals surface area (Å²) in [5, 5.41) is 2.79. The number of aryl methyl sites for hydroxylation is 1. The third-order valence-corrected chi connectivity index (χ3v) is 4.01. The predicted molar refractivity (Wildman–Crippen MR) is 72.9 cm³/mol. The molecule has 0 spiro atoms. The summed E-state index contributed by atoms with van der Waals surface area (Å²) < 4.78 is 13.6. The summed E-state index contributed by atoms with van der Waals surface area (Å²) in [6.45, 7) is 1.76. The molecule has 0 unspecified atom stereocenters. The lowest BCUT2D eigenvalue weighted by molar-refractivity contribution is -0.118. The van der Waals surface area contributed by atoms with Crippen molar-refractivity contribution in [2.24, 2.45) is 5.73 Å². The third-order valence-electron chi connectivity index (χ3n) is 3.40. The molecule has 1 saturated carbocycles. The number of nitrogens with one attached hydrogen (secondary N) is 1. The van der Waals surface area contributed by atoms with Crippen molar-refractivity contribution < 1.29 is 9.18 Å². The summed E-state index contributed by atoms with van der Waals surface area (Å²) in [4.78, 5) is 11.9. The smallest absolute Gasteiger partial charge is 0.226 e. The normalized spacial score (nSPS) is 17.1. The van der Waals surface area contributed by atoms with Crippen LogP contribution in [0.3, 0.4) is 0 Å². The van der Waals surface area contributed by atoms with E-state index < -0.39 is 0 Å². The van der Waals surface area contributed by atoms with Crippen LogP contribution in [0, 0.1) is 12.7 Å². The topological polar surface area (TPSA) is 55.1 Å². The summed E-state index contributed by atoms with van der Waals surface area (Å²) in [6, 6.07) is 2.97. The highest BCUT2D eigenvalue weighted by molar-refractivity contribution is 9.10. The highest BCUT2D eigenvalue weighted by atomic mass is 79.9. The van der Waals surface area contributed by atoms with Gasteiger partial charge in [0.25, 0.3) is 0 Å². The standard InChI is InChI=1S/C13H16BrFN2O/c1-8-5-10(15)9(14)6-11(8)17-12(18)7-13(16)3-2-4-13/h5-6H,2-4,7,16H2,1H3,(H,17,18). The van der Waals surface area contributed by atoms with Crippen LogP contribution in [0.2, 0.25) is 0 Å². The molecule has 0 aliphatic heterocycles. The molecule has 1 fully saturated rings. The maximum absolute atomic E-state index is 13.3. The first kappa shape index (κ1) is 13.5. The summed E-state index contributed by atoms with van der Waals surface area (Å²) >= 11 is 3.11. The first-order valence-corrected chi connectivity index (χ1v) is 6.73. The van der Waals surface area contributed by atoms with E-state index in [1.54, 1.807) is 13.0 Å². The fourth-order valence-electron chi connectivity index (χ4n) is 2.10. The average Bonchev–Trinajstić information content (AvgIpc) is 2.23. The molecular weight excluding hydrogens is 299 g/mol. The molecular formula is C13H16BrFN2O. The van der Waals surface area contributed by atoms with Gasteiger partial charge in [-0.15, -0.1) is 0 Å². The lowest BCUT2D eigenvalue weighted by atomic mass is 9.75. The zero-order valence-electron chi connectivity index (χ0n) is 10.2. The Kier molecular flexibility index (Phi) is 3.73. The molecule has 0 bridgehead atoms. The molecule has 1 aromatic rings. The highest BCUT2D eigenvalue weighted by Gasteiger charge is 2.34. The highest BCUT2D eigenvalue weighted by Crippen LogP contribution is 2.32. The minimum absolute atomic E-state index is 0.112. The number of amides is 1. The van der Waals surface area contributed by atoms with Gasteiger partial charge in [-0.3, -0.25) is 4.79 Å². The van der Waals surface area contributed by atoms with Gasteiger partial charge < -0.3 is 11.1 Å². The fourth-order valence-corrected chi connectivity index (χ4v) is 2.45. The van der Waals surface area contributed by atoms with E-state index in [9.17, 15) is 9.18 Å². The van der Waals surface area contributed by atoms with E-state index in [-0.39, 0.29) is 17.3 Å². The number of halogens is 2. The van der Waals surface area contributed by atoms with Crippen molar-refractivity contribution in [3.63, 3.8) is 0 Å². The molecule has 0 heterocycles. The van der Waals surface area contributed by atoms with Crippen molar-refractivity contribution >= 4 is 27.5 Å². The van der Waals surface area contributed by atoms with Gasteiger partial charge in [0.1, 0.15) is 5.82 Å². The van der Waals surface area contributed by atoms with Crippen LogP contribution in [0.4, 0.5) is 10.1 Å². The molecule has 1 amide bonds. The molecule has 98 valence electrons. The monoisotopic (exact) mass is 314 g/mol. The fraction of sp³-hybridized carbons (Fsp3) is 0.462. The number of anilines is 1. The van der Waals surface area contributed by atoms with Gasteiger partial charge in [0.2, 0.25) is 5.91 Å². The number of nitrogens with two attached hydrogens (primary N) is 1. The van der Waals surface area contributed by atoms with Crippen molar-refractivity contribution in [1.29, 1.82) is 0 Å². The molecule has 5 heteroatoms. The van der Waals surface area contributed by atoms with Crippen LogP contribution in [0.15, 0.2) is 16.6 Å². The van der Waals surface area contributed by atoms with Crippen LogP contribution in [0.25, 0.3) is 0 Å². The molecule has 0 aromatic heterocycles. The Morgan fingerprint density at radius 1 is 1.56 bits per heavy atom. The Hall–Kier alpha value is -0.940. The van der Waals surface area contributed by atoms with Crippen LogP contribution in [0.5, 0.6) is 0 Å². The van der Waals surface area contributed by atoms with Gasteiger partial charge in [-0.25, -0.2) is 4.39 Å². The van der Waals surface area contributed by atoms with Crippen molar-refractivity contribution in [3.8, 4) is 0 Å². The van der Waals surface area contributed by atoms with Crippen molar-refractivity contribution in [3.05, 3.63) is 28.0 Å². The number of carbonyl (C=O) groups is 1. The summed E-state index contributed by atoms with van der Waals surface area (Å²) in [6.07, 6.45) is 3.20. The second-order valence-corrected chi connectivity index (χ2v) is 5.88. The Morgan fingerprint density at radius 2 is 2.22 bits per heavy atom. The van der Waals surface area contributed by atoms with Gasteiger partial charge in [-0.1, -0.05) is 0 Å². The SMILES string of the molecule is Cc1cc(F)c(Br)cc1NC(=O)CC1(N)CCC1. The van der Waals surface area contributed by atoms with Gasteiger partial charge in [0, 0.05) is 17.6 Å². The second-order valence-electron chi connectivity index (χ2n) is 5.02. The van der Waals surface area contributed by atoms with Gasteiger partial charge in [-0.2, -0.15) is 0 Å². The van der Waals surface area contributed by atoms with E-state index in [0.717, 1.165) is 19.3 Å². The molecule has 0 radical (unpaired) electrons. The number of benzene rings is 1. The Bertz CT molecular complexity index is 486. The number of rotatable bonds is 3. The summed E-state index contributed by atoms with van der Waals surface area (Å²) in [5.41, 5.74) is 7.00. The van der Waals surface area contributed by atoms with Crippen LogP contribution >= 0.6 is 15.9 Å². The van der Waals surface area contributed by atoms with Crippen molar-refractivity contribution in [2.45, 2.75) is 38.1 Å². The molecule has 0 saturated heterocycles. The molecule has 3 N–H and O–H groups in total. The van der Waals surface area contributed by atoms with Gasteiger partial charge in [0.15, 0.2) is 0 Å². The van der Waals surface area contributed by atoms with E-state index in [0.29, 0.717) is 22.1 Å². The first-order valence-electron chi connectivity index (χ1n) is 5.94. The van der Waals surface area contributed by atoms with E-state index >= 15 is 0 Å². The minimum Gasteiger partial charge on any atom is -0.326 e. The maximum atomic E-state index is 13.3. The van der Waals surface area contributed by atoms with Crippen LogP contribution in [0.1, 0.15) is 31.2 Å².